The van der Waals surface area contributed by atoms with E-state index in [0.717, 1.165) is 5.56 Å². The summed E-state index contributed by atoms with van der Waals surface area (Å²) >= 11 is 0. The van der Waals surface area contributed by atoms with Crippen LogP contribution in [-0.2, 0) is 0 Å². The van der Waals surface area contributed by atoms with Crippen molar-refractivity contribution in [1.29, 1.82) is 0 Å². The second kappa shape index (κ2) is 5.45. The summed E-state index contributed by atoms with van der Waals surface area (Å²) in [5.41, 5.74) is 8.09. The molecular weight excluding hydrogens is 252 g/mol. The van der Waals surface area contributed by atoms with Crippen molar-refractivity contribution in [3.05, 3.63) is 29.8 Å². The maximum atomic E-state index is 5.76. The summed E-state index contributed by atoms with van der Waals surface area (Å²) < 4.78 is 5.35. The Balaban J connectivity index is 2.04. The number of hydrogen-bond donors (Lipinski definition) is 1. The van der Waals surface area contributed by atoms with Crippen molar-refractivity contribution in [3.8, 4) is 17.4 Å². The molecule has 20 heavy (non-hydrogen) atoms. The van der Waals surface area contributed by atoms with Crippen LogP contribution < -0.4 is 10.5 Å². The first-order valence-electron chi connectivity index (χ1n) is 7.01. The molecule has 1 saturated carbocycles. The Labute approximate surface area is 118 Å². The molecule has 1 fully saturated rings. The first-order chi connectivity index (χ1) is 9.78. The van der Waals surface area contributed by atoms with Crippen LogP contribution in [0, 0.1) is 0 Å². The van der Waals surface area contributed by atoms with Gasteiger partial charge in [-0.25, -0.2) is 0 Å². The van der Waals surface area contributed by atoms with Crippen LogP contribution in [0.25, 0.3) is 11.4 Å². The summed E-state index contributed by atoms with van der Waals surface area (Å²) in [6, 6.07) is 8.54. The molecule has 3 rings (SSSR count). The Morgan fingerprint density at radius 3 is 2.70 bits per heavy atom. The number of nitrogens with two attached hydrogens (primary N) is 1. The monoisotopic (exact) mass is 270 g/mol. The molecule has 2 N–H and O–H groups in total. The minimum atomic E-state index is 0.196. The van der Waals surface area contributed by atoms with E-state index in [2.05, 4.69) is 27.1 Å². The van der Waals surface area contributed by atoms with Crippen molar-refractivity contribution in [2.45, 2.75) is 32.1 Å². The molecule has 0 amide bonds. The van der Waals surface area contributed by atoms with E-state index in [1.165, 1.54) is 24.8 Å². The highest BCUT2D eigenvalue weighted by Crippen LogP contribution is 2.40. The van der Waals surface area contributed by atoms with Crippen molar-refractivity contribution in [1.82, 2.24) is 15.0 Å². The number of aromatic nitrogens is 3. The fourth-order valence-electron chi connectivity index (χ4n) is 2.46. The lowest BCUT2D eigenvalue weighted by molar-refractivity contribution is 0.312. The van der Waals surface area contributed by atoms with Crippen molar-refractivity contribution >= 4 is 5.95 Å². The highest BCUT2D eigenvalue weighted by Gasteiger charge is 2.23. The number of nitrogens with zero attached hydrogens (tertiary/aromatic N) is 3. The molecule has 0 atom stereocenters. The summed E-state index contributed by atoms with van der Waals surface area (Å²) in [6.07, 6.45) is 3.76. The van der Waals surface area contributed by atoms with Gasteiger partial charge in [-0.3, -0.25) is 0 Å². The highest BCUT2D eigenvalue weighted by atomic mass is 16.5. The molecule has 104 valence electrons. The Bertz CT molecular complexity index is 611. The molecule has 1 aromatic heterocycles. The maximum Gasteiger partial charge on any atom is 0.321 e. The molecule has 0 saturated heterocycles. The quantitative estimate of drug-likeness (QED) is 0.924. The zero-order valence-corrected chi connectivity index (χ0v) is 11.5. The van der Waals surface area contributed by atoms with Crippen LogP contribution >= 0.6 is 0 Å². The average molecular weight is 270 g/mol. The van der Waals surface area contributed by atoms with E-state index in [1.54, 1.807) is 0 Å². The molecular formula is C15H18N4O. The van der Waals surface area contributed by atoms with Gasteiger partial charge in [0.1, 0.15) is 0 Å². The lowest BCUT2D eigenvalue weighted by Gasteiger charge is -2.27. The molecule has 0 aliphatic heterocycles. The highest BCUT2D eigenvalue weighted by molar-refractivity contribution is 5.62. The van der Waals surface area contributed by atoms with E-state index in [9.17, 15) is 0 Å². The van der Waals surface area contributed by atoms with Crippen molar-refractivity contribution in [2.75, 3.05) is 12.3 Å². The largest absolute Gasteiger partial charge is 0.464 e. The third kappa shape index (κ3) is 2.43. The van der Waals surface area contributed by atoms with E-state index >= 15 is 0 Å². The number of anilines is 1. The summed E-state index contributed by atoms with van der Waals surface area (Å²) in [4.78, 5) is 12.6. The van der Waals surface area contributed by atoms with Crippen molar-refractivity contribution in [2.24, 2.45) is 0 Å². The van der Waals surface area contributed by atoms with Gasteiger partial charge in [0.2, 0.25) is 5.95 Å². The van der Waals surface area contributed by atoms with Crippen LogP contribution in [0.3, 0.4) is 0 Å². The molecule has 0 bridgehead atoms. The van der Waals surface area contributed by atoms with Crippen molar-refractivity contribution < 1.29 is 4.74 Å². The lowest BCUT2D eigenvalue weighted by atomic mass is 9.78. The summed E-state index contributed by atoms with van der Waals surface area (Å²) in [5, 5.41) is 0. The van der Waals surface area contributed by atoms with E-state index < -0.39 is 0 Å². The number of hydrogen-bond acceptors (Lipinski definition) is 5. The summed E-state index contributed by atoms with van der Waals surface area (Å²) in [7, 11) is 0. The van der Waals surface area contributed by atoms with Gasteiger partial charge < -0.3 is 10.5 Å². The fraction of sp³-hybridized carbons (Fsp3) is 0.400. The van der Waals surface area contributed by atoms with Gasteiger partial charge in [0.05, 0.1) is 6.61 Å². The molecule has 1 aliphatic rings. The molecule has 1 aliphatic carbocycles. The Hall–Kier alpha value is -2.17. The van der Waals surface area contributed by atoms with Gasteiger partial charge >= 0.3 is 6.01 Å². The maximum absolute atomic E-state index is 5.76. The van der Waals surface area contributed by atoms with Crippen molar-refractivity contribution in [3.63, 3.8) is 0 Å². The van der Waals surface area contributed by atoms with E-state index in [1.807, 2.05) is 19.1 Å². The Morgan fingerprint density at radius 1 is 1.20 bits per heavy atom. The zero-order chi connectivity index (χ0) is 13.9. The predicted molar refractivity (Wildman–Crippen MR) is 77.4 cm³/mol. The van der Waals surface area contributed by atoms with Crippen LogP contribution in [0.1, 0.15) is 37.7 Å². The van der Waals surface area contributed by atoms with Crippen LogP contribution in [0.15, 0.2) is 24.3 Å². The first kappa shape index (κ1) is 12.8. The van der Waals surface area contributed by atoms with Gasteiger partial charge in [0, 0.05) is 5.56 Å². The zero-order valence-electron chi connectivity index (χ0n) is 11.5. The number of rotatable bonds is 4. The molecule has 2 aromatic rings. The minimum Gasteiger partial charge on any atom is -0.464 e. The number of ether oxygens (including phenoxy) is 1. The van der Waals surface area contributed by atoms with Crippen LogP contribution in [0.4, 0.5) is 5.95 Å². The van der Waals surface area contributed by atoms with Gasteiger partial charge in [-0.05, 0) is 31.2 Å². The summed E-state index contributed by atoms with van der Waals surface area (Å²) in [6.45, 7) is 2.40. The predicted octanol–water partition coefficient (Wildman–Crippen LogP) is 2.79. The molecule has 0 spiro atoms. The summed E-state index contributed by atoms with van der Waals surface area (Å²) in [5.74, 6) is 1.41. The van der Waals surface area contributed by atoms with E-state index in [0.29, 0.717) is 24.4 Å². The second-order valence-electron chi connectivity index (χ2n) is 4.95. The Morgan fingerprint density at radius 2 is 2.00 bits per heavy atom. The van der Waals surface area contributed by atoms with Gasteiger partial charge in [-0.1, -0.05) is 30.7 Å². The molecule has 5 heteroatoms. The SMILES string of the molecule is CCOc1nc(N)nc(-c2ccccc2C2CCC2)n1. The van der Waals surface area contributed by atoms with Gasteiger partial charge in [-0.15, -0.1) is 0 Å². The first-order valence-corrected chi connectivity index (χ1v) is 7.01. The smallest absolute Gasteiger partial charge is 0.321 e. The molecule has 0 radical (unpaired) electrons. The van der Waals surface area contributed by atoms with E-state index in [-0.39, 0.29) is 5.95 Å². The number of nitrogen functional groups attached to an aromatic ring is 1. The third-order valence-electron chi connectivity index (χ3n) is 3.65. The van der Waals surface area contributed by atoms with Gasteiger partial charge in [0.25, 0.3) is 0 Å². The van der Waals surface area contributed by atoms with Crippen LogP contribution in [0.2, 0.25) is 0 Å². The van der Waals surface area contributed by atoms with E-state index in [4.69, 9.17) is 10.5 Å². The lowest BCUT2D eigenvalue weighted by Crippen LogP contribution is -2.11. The average Bonchev–Trinajstić information content (AvgIpc) is 2.37. The standard InChI is InChI=1S/C15H18N4O/c1-2-20-15-18-13(17-14(16)19-15)12-9-4-3-8-11(12)10-6-5-7-10/h3-4,8-10H,2,5-7H2,1H3,(H2,16,17,18,19). The molecule has 5 nitrogen and oxygen atoms in total. The van der Waals surface area contributed by atoms with Crippen LogP contribution in [0.5, 0.6) is 6.01 Å². The van der Waals surface area contributed by atoms with Gasteiger partial charge in [0.15, 0.2) is 5.82 Å². The second-order valence-corrected chi connectivity index (χ2v) is 4.95. The normalized spacial score (nSPS) is 14.8. The molecule has 1 aromatic carbocycles. The topological polar surface area (TPSA) is 73.9 Å². The number of benzene rings is 1. The fourth-order valence-corrected chi connectivity index (χ4v) is 2.46. The van der Waals surface area contributed by atoms with Crippen LogP contribution in [-0.4, -0.2) is 21.6 Å². The molecule has 1 heterocycles. The minimum absolute atomic E-state index is 0.196. The van der Waals surface area contributed by atoms with Gasteiger partial charge in [-0.2, -0.15) is 15.0 Å². The third-order valence-corrected chi connectivity index (χ3v) is 3.65. The Kier molecular flexibility index (Phi) is 3.50. The molecule has 0 unspecified atom stereocenters.